The lowest BCUT2D eigenvalue weighted by Gasteiger charge is -2.70. The maximum absolute atomic E-state index is 12.6. The smallest absolute Gasteiger partial charge is 0.302 e. The molecule has 7 heteroatoms. The number of rotatable bonds is 6. The second-order valence-electron chi connectivity index (χ2n) is 16.1. The predicted molar refractivity (Wildman–Crippen MR) is 156 cm³/mol. The van der Waals surface area contributed by atoms with Crippen LogP contribution in [0.5, 0.6) is 0 Å². The minimum atomic E-state index is -0.803. The molecule has 232 valence electrons. The van der Waals surface area contributed by atoms with Gasteiger partial charge in [-0.15, -0.1) is 0 Å². The molecule has 0 amide bonds. The lowest BCUT2D eigenvalue weighted by molar-refractivity contribution is -0.253. The Hall–Kier alpha value is -1.44. The zero-order valence-electron chi connectivity index (χ0n) is 27.0. The molecule has 3 saturated carbocycles. The molecule has 0 aromatic carbocycles. The third-order valence-corrected chi connectivity index (χ3v) is 13.0. The molecule has 41 heavy (non-hydrogen) atoms. The molecule has 1 saturated heterocycles. The van der Waals surface area contributed by atoms with Crippen molar-refractivity contribution in [3.8, 4) is 0 Å². The van der Waals surface area contributed by atoms with E-state index in [9.17, 15) is 19.8 Å². The van der Waals surface area contributed by atoms with Gasteiger partial charge in [-0.05, 0) is 85.9 Å². The number of fused-ring (bicyclic) bond motifs is 5. The SMILES string of the molecule is CC(=O)O[C@@H](C[C@@H](C)C1=C2C[C@H](OC(C)=O)[C@H]3[C@@]4(C)C[C@@H](O)[C@@H](O)C(C)(C)[C@@H]4CC[C@]3(C)[C@@]2(C)CC1)[C@H]1OC1(C)C. The highest BCUT2D eigenvalue weighted by atomic mass is 16.6. The highest BCUT2D eigenvalue weighted by Gasteiger charge is 2.71. The molecule has 0 unspecified atom stereocenters. The van der Waals surface area contributed by atoms with Crippen LogP contribution in [0.15, 0.2) is 11.1 Å². The fourth-order valence-corrected chi connectivity index (χ4v) is 11.1. The summed E-state index contributed by atoms with van der Waals surface area (Å²) in [6.45, 7) is 20.6. The molecular formula is C34H54O7. The number of aliphatic hydroxyl groups excluding tert-OH is 2. The Morgan fingerprint density at radius 2 is 1.66 bits per heavy atom. The van der Waals surface area contributed by atoms with Crippen molar-refractivity contribution in [2.45, 2.75) is 150 Å². The van der Waals surface area contributed by atoms with Crippen LogP contribution in [0, 0.1) is 39.4 Å². The Morgan fingerprint density at radius 1 is 1.02 bits per heavy atom. The Bertz CT molecular complexity index is 1120. The van der Waals surface area contributed by atoms with Crippen molar-refractivity contribution < 1.29 is 34.0 Å². The van der Waals surface area contributed by atoms with Crippen LogP contribution in [0.1, 0.15) is 114 Å². The van der Waals surface area contributed by atoms with Gasteiger partial charge in [-0.2, -0.15) is 0 Å². The van der Waals surface area contributed by atoms with Crippen molar-refractivity contribution in [1.29, 1.82) is 0 Å². The van der Waals surface area contributed by atoms with E-state index >= 15 is 0 Å². The average Bonchev–Trinajstić information content (AvgIpc) is 3.32. The van der Waals surface area contributed by atoms with E-state index in [-0.39, 0.29) is 69.9 Å². The maximum Gasteiger partial charge on any atom is 0.302 e. The van der Waals surface area contributed by atoms with Gasteiger partial charge in [-0.3, -0.25) is 9.59 Å². The molecule has 2 N–H and O–H groups in total. The van der Waals surface area contributed by atoms with Gasteiger partial charge in [0, 0.05) is 26.2 Å². The van der Waals surface area contributed by atoms with Crippen LogP contribution in [0.25, 0.3) is 0 Å². The summed E-state index contributed by atoms with van der Waals surface area (Å²) in [4.78, 5) is 24.6. The fourth-order valence-electron chi connectivity index (χ4n) is 11.1. The lowest BCUT2D eigenvalue weighted by atomic mass is 9.35. The molecule has 1 heterocycles. The first-order chi connectivity index (χ1) is 18.8. The van der Waals surface area contributed by atoms with Gasteiger partial charge in [0.1, 0.15) is 18.3 Å². The van der Waals surface area contributed by atoms with Crippen molar-refractivity contribution in [2.24, 2.45) is 39.4 Å². The van der Waals surface area contributed by atoms with Crippen LogP contribution in [-0.4, -0.2) is 58.3 Å². The number of epoxide rings is 1. The average molecular weight is 575 g/mol. The Labute approximate surface area is 246 Å². The van der Waals surface area contributed by atoms with E-state index in [2.05, 4.69) is 41.5 Å². The first-order valence-corrected chi connectivity index (χ1v) is 15.9. The predicted octanol–water partition coefficient (Wildman–Crippen LogP) is 5.74. The zero-order chi connectivity index (χ0) is 30.5. The number of carbonyl (C=O) groups is 2. The van der Waals surface area contributed by atoms with Gasteiger partial charge in [-0.25, -0.2) is 0 Å². The van der Waals surface area contributed by atoms with Crippen LogP contribution in [-0.2, 0) is 23.8 Å². The molecule has 0 aromatic rings. The molecule has 0 radical (unpaired) electrons. The number of hydrogen-bond acceptors (Lipinski definition) is 7. The van der Waals surface area contributed by atoms with E-state index in [0.29, 0.717) is 19.3 Å². The number of carbonyl (C=O) groups excluding carboxylic acids is 2. The van der Waals surface area contributed by atoms with Gasteiger partial charge in [0.15, 0.2) is 0 Å². The first kappa shape index (κ1) is 31.0. The van der Waals surface area contributed by atoms with Gasteiger partial charge < -0.3 is 24.4 Å². The van der Waals surface area contributed by atoms with Crippen LogP contribution in [0.4, 0.5) is 0 Å². The minimum Gasteiger partial charge on any atom is -0.462 e. The molecule has 0 aromatic heterocycles. The van der Waals surface area contributed by atoms with E-state index in [1.165, 1.54) is 25.0 Å². The summed E-state index contributed by atoms with van der Waals surface area (Å²) < 4.78 is 18.0. The molecule has 0 bridgehead atoms. The summed E-state index contributed by atoms with van der Waals surface area (Å²) >= 11 is 0. The number of allylic oxidation sites excluding steroid dienone is 1. The molecule has 5 aliphatic rings. The molecule has 11 atom stereocenters. The topological polar surface area (TPSA) is 106 Å². The zero-order valence-corrected chi connectivity index (χ0v) is 27.0. The normalized spacial score (nSPS) is 45.6. The maximum atomic E-state index is 12.6. The Morgan fingerprint density at radius 3 is 2.22 bits per heavy atom. The largest absolute Gasteiger partial charge is 0.462 e. The Balaban J connectivity index is 1.54. The molecule has 0 spiro atoms. The standard InChI is InChI=1S/C34H54O7/c1-18(15-25(40-20(3)36)29-31(6,7)41-29)21-11-13-33(9)22(21)16-24(39-19(2)35)27-32(8)17-23(37)28(38)30(4,5)26(32)12-14-34(27,33)10/h18,23-29,37-38H,11-17H2,1-10H3/t18-,23-,24+,25+,26+,27+,28-,29-,32+,33+,34+/m1/s1. The number of hydrogen-bond donors (Lipinski definition) is 2. The summed E-state index contributed by atoms with van der Waals surface area (Å²) in [5.41, 5.74) is 1.63. The summed E-state index contributed by atoms with van der Waals surface area (Å²) in [5, 5.41) is 22.2. The Kier molecular flexibility index (Phi) is 7.40. The van der Waals surface area contributed by atoms with Gasteiger partial charge in [-0.1, -0.05) is 52.7 Å². The van der Waals surface area contributed by atoms with Gasteiger partial charge in [0.05, 0.1) is 17.8 Å². The highest BCUT2D eigenvalue weighted by Crippen LogP contribution is 2.75. The van der Waals surface area contributed by atoms with Crippen molar-refractivity contribution in [2.75, 3.05) is 0 Å². The van der Waals surface area contributed by atoms with Crippen LogP contribution in [0.3, 0.4) is 0 Å². The molecule has 1 aliphatic heterocycles. The van der Waals surface area contributed by atoms with E-state index in [0.717, 1.165) is 25.7 Å². The molecule has 4 fully saturated rings. The number of ether oxygens (including phenoxy) is 3. The van der Waals surface area contributed by atoms with Crippen LogP contribution < -0.4 is 0 Å². The first-order valence-electron chi connectivity index (χ1n) is 15.9. The molecule has 5 rings (SSSR count). The number of esters is 2. The van der Waals surface area contributed by atoms with Gasteiger partial charge in [0.25, 0.3) is 0 Å². The second kappa shape index (κ2) is 9.79. The van der Waals surface area contributed by atoms with Crippen LogP contribution in [0.2, 0.25) is 0 Å². The third kappa shape index (κ3) is 4.63. The summed E-state index contributed by atoms with van der Waals surface area (Å²) in [6, 6.07) is 0. The monoisotopic (exact) mass is 574 g/mol. The summed E-state index contributed by atoms with van der Waals surface area (Å²) in [7, 11) is 0. The van der Waals surface area contributed by atoms with Gasteiger partial charge in [0.2, 0.25) is 0 Å². The van der Waals surface area contributed by atoms with Crippen molar-refractivity contribution >= 4 is 11.9 Å². The molecule has 4 aliphatic carbocycles. The van der Waals surface area contributed by atoms with Gasteiger partial charge >= 0.3 is 11.9 Å². The van der Waals surface area contributed by atoms with E-state index in [1.54, 1.807) is 0 Å². The van der Waals surface area contributed by atoms with E-state index < -0.39 is 17.6 Å². The third-order valence-electron chi connectivity index (χ3n) is 13.0. The highest BCUT2D eigenvalue weighted by molar-refractivity contribution is 5.66. The summed E-state index contributed by atoms with van der Waals surface area (Å²) in [5.74, 6) is -0.0646. The molecular weight excluding hydrogens is 520 g/mol. The van der Waals surface area contributed by atoms with Crippen LogP contribution >= 0.6 is 0 Å². The van der Waals surface area contributed by atoms with Crippen molar-refractivity contribution in [3.05, 3.63) is 11.1 Å². The summed E-state index contributed by atoms with van der Waals surface area (Å²) in [6.07, 6.45) is 3.66. The molecule has 7 nitrogen and oxygen atoms in total. The second-order valence-corrected chi connectivity index (χ2v) is 16.1. The fraction of sp³-hybridized carbons (Fsp3) is 0.882. The minimum absolute atomic E-state index is 0.0661. The lowest BCUT2D eigenvalue weighted by Crippen LogP contribution is -2.68. The number of aliphatic hydroxyl groups is 2. The van der Waals surface area contributed by atoms with E-state index in [1.807, 2.05) is 13.8 Å². The van der Waals surface area contributed by atoms with Crippen molar-refractivity contribution in [1.82, 2.24) is 0 Å². The quantitative estimate of drug-likeness (QED) is 0.237. The van der Waals surface area contributed by atoms with Crippen molar-refractivity contribution in [3.63, 3.8) is 0 Å². The van der Waals surface area contributed by atoms with E-state index in [4.69, 9.17) is 14.2 Å².